The lowest BCUT2D eigenvalue weighted by Crippen LogP contribution is -2.44. The molecule has 23 heavy (non-hydrogen) atoms. The fourth-order valence-electron chi connectivity index (χ4n) is 3.57. The number of hydrogen-bond acceptors (Lipinski definition) is 4. The number of urea groups is 1. The smallest absolute Gasteiger partial charge is 0.323 e. The molecule has 2 heterocycles. The van der Waals surface area contributed by atoms with Crippen molar-refractivity contribution in [3.63, 3.8) is 0 Å². The number of likely N-dealkylation sites (tertiary alicyclic amines) is 1. The molecule has 0 aromatic carbocycles. The van der Waals surface area contributed by atoms with Gasteiger partial charge in [0, 0.05) is 24.6 Å². The number of amides is 2. The fraction of sp³-hybridized carbons (Fsp3) is 0.688. The van der Waals surface area contributed by atoms with Crippen LogP contribution in [0.4, 0.5) is 10.6 Å². The molecule has 0 spiro atoms. The van der Waals surface area contributed by atoms with E-state index in [1.807, 2.05) is 0 Å². The third-order valence-electron chi connectivity index (χ3n) is 5.10. The van der Waals surface area contributed by atoms with E-state index in [1.54, 1.807) is 6.07 Å². The summed E-state index contributed by atoms with van der Waals surface area (Å²) in [6.07, 6.45) is 5.83. The Morgan fingerprint density at radius 2 is 2.13 bits per heavy atom. The highest BCUT2D eigenvalue weighted by atomic mass is 16.5. The molecule has 7 heteroatoms. The number of rotatable bonds is 3. The molecular weight excluding hydrogens is 298 g/mol. The van der Waals surface area contributed by atoms with Gasteiger partial charge in [-0.05, 0) is 25.7 Å². The summed E-state index contributed by atoms with van der Waals surface area (Å²) in [4.78, 5) is 24.9. The SMILES string of the molecule is CC1(c2cc(NC(=O)N3CCCC(C(=O)O)C3)no2)CCCC1. The Morgan fingerprint density at radius 3 is 2.83 bits per heavy atom. The van der Waals surface area contributed by atoms with Gasteiger partial charge in [-0.1, -0.05) is 24.9 Å². The van der Waals surface area contributed by atoms with Crippen LogP contribution in [-0.4, -0.2) is 40.3 Å². The third-order valence-corrected chi connectivity index (χ3v) is 5.10. The molecule has 2 N–H and O–H groups in total. The van der Waals surface area contributed by atoms with Crippen LogP contribution in [0.3, 0.4) is 0 Å². The summed E-state index contributed by atoms with van der Waals surface area (Å²) in [5.74, 6) is -0.122. The molecule has 1 aliphatic carbocycles. The number of nitrogens with one attached hydrogen (secondary N) is 1. The predicted molar refractivity (Wildman–Crippen MR) is 83.3 cm³/mol. The van der Waals surface area contributed by atoms with Gasteiger partial charge in [0.15, 0.2) is 5.82 Å². The Labute approximate surface area is 135 Å². The van der Waals surface area contributed by atoms with E-state index in [-0.39, 0.29) is 18.0 Å². The first-order chi connectivity index (χ1) is 11.0. The van der Waals surface area contributed by atoms with E-state index < -0.39 is 11.9 Å². The molecule has 0 bridgehead atoms. The van der Waals surface area contributed by atoms with Crippen molar-refractivity contribution >= 4 is 17.8 Å². The quantitative estimate of drug-likeness (QED) is 0.892. The average Bonchev–Trinajstić information content (AvgIpc) is 3.17. The predicted octanol–water partition coefficient (Wildman–Crippen LogP) is 2.83. The summed E-state index contributed by atoms with van der Waals surface area (Å²) in [5.41, 5.74) is 0.00943. The van der Waals surface area contributed by atoms with Gasteiger partial charge in [0.25, 0.3) is 0 Å². The monoisotopic (exact) mass is 321 g/mol. The molecule has 3 rings (SSSR count). The molecule has 1 unspecified atom stereocenters. The third kappa shape index (κ3) is 3.33. The number of nitrogens with zero attached hydrogens (tertiary/aromatic N) is 2. The van der Waals surface area contributed by atoms with Crippen molar-refractivity contribution in [3.05, 3.63) is 11.8 Å². The van der Waals surface area contributed by atoms with Crippen LogP contribution in [0, 0.1) is 5.92 Å². The number of piperidine rings is 1. The van der Waals surface area contributed by atoms with Gasteiger partial charge in [0.1, 0.15) is 5.76 Å². The van der Waals surface area contributed by atoms with Crippen molar-refractivity contribution in [3.8, 4) is 0 Å². The molecule has 126 valence electrons. The standard InChI is InChI=1S/C16H23N3O4/c1-16(6-2-3-7-16)12-9-13(18-23-12)17-15(22)19-8-4-5-11(10-19)14(20)21/h9,11H,2-8,10H2,1H3,(H,20,21)(H,17,18,22). The molecule has 1 aliphatic heterocycles. The molecule has 1 saturated carbocycles. The van der Waals surface area contributed by atoms with Gasteiger partial charge in [-0.25, -0.2) is 4.79 Å². The second kappa shape index (κ2) is 6.22. The minimum atomic E-state index is -0.847. The molecule has 2 fully saturated rings. The van der Waals surface area contributed by atoms with E-state index in [0.29, 0.717) is 25.2 Å². The minimum absolute atomic E-state index is 0.00943. The van der Waals surface area contributed by atoms with Gasteiger partial charge < -0.3 is 14.5 Å². The van der Waals surface area contributed by atoms with E-state index in [1.165, 1.54) is 17.7 Å². The lowest BCUT2D eigenvalue weighted by molar-refractivity contribution is -0.143. The molecular formula is C16H23N3O4. The zero-order valence-electron chi connectivity index (χ0n) is 13.4. The van der Waals surface area contributed by atoms with Crippen LogP contribution in [0.5, 0.6) is 0 Å². The Balaban J connectivity index is 1.62. The Hall–Kier alpha value is -2.05. The van der Waals surface area contributed by atoms with Crippen molar-refractivity contribution < 1.29 is 19.2 Å². The maximum Gasteiger partial charge on any atom is 0.323 e. The van der Waals surface area contributed by atoms with E-state index in [2.05, 4.69) is 17.4 Å². The number of aliphatic carboxylic acids is 1. The molecule has 1 aromatic rings. The average molecular weight is 321 g/mol. The van der Waals surface area contributed by atoms with Crippen LogP contribution in [0.25, 0.3) is 0 Å². The first-order valence-electron chi connectivity index (χ1n) is 8.24. The van der Waals surface area contributed by atoms with Crippen LogP contribution >= 0.6 is 0 Å². The van der Waals surface area contributed by atoms with Crippen LogP contribution in [-0.2, 0) is 10.2 Å². The number of carbonyl (C=O) groups excluding carboxylic acids is 1. The van der Waals surface area contributed by atoms with Gasteiger partial charge in [0.05, 0.1) is 5.92 Å². The van der Waals surface area contributed by atoms with Crippen molar-refractivity contribution in [1.82, 2.24) is 10.1 Å². The zero-order valence-corrected chi connectivity index (χ0v) is 13.4. The summed E-state index contributed by atoms with van der Waals surface area (Å²) < 4.78 is 5.42. The van der Waals surface area contributed by atoms with Crippen LogP contribution in [0.15, 0.2) is 10.6 Å². The second-order valence-electron chi connectivity index (χ2n) is 6.90. The Morgan fingerprint density at radius 1 is 1.39 bits per heavy atom. The van der Waals surface area contributed by atoms with Gasteiger partial charge in [0.2, 0.25) is 0 Å². The summed E-state index contributed by atoms with van der Waals surface area (Å²) in [7, 11) is 0. The topological polar surface area (TPSA) is 95.7 Å². The molecule has 1 saturated heterocycles. The first-order valence-corrected chi connectivity index (χ1v) is 8.24. The Bertz CT molecular complexity index is 592. The fourth-order valence-corrected chi connectivity index (χ4v) is 3.57. The normalized spacial score (nSPS) is 23.7. The number of aromatic nitrogens is 1. The highest BCUT2D eigenvalue weighted by Gasteiger charge is 2.35. The maximum absolute atomic E-state index is 12.3. The molecule has 2 aliphatic rings. The molecule has 0 radical (unpaired) electrons. The van der Waals surface area contributed by atoms with Gasteiger partial charge in [-0.15, -0.1) is 0 Å². The molecule has 2 amide bonds. The summed E-state index contributed by atoms with van der Waals surface area (Å²) in [6.45, 7) is 2.97. The summed E-state index contributed by atoms with van der Waals surface area (Å²) >= 11 is 0. The second-order valence-corrected chi connectivity index (χ2v) is 6.90. The minimum Gasteiger partial charge on any atom is -0.481 e. The number of carboxylic acid groups (broad SMARTS) is 1. The van der Waals surface area contributed by atoms with Crippen LogP contribution < -0.4 is 5.32 Å². The van der Waals surface area contributed by atoms with E-state index >= 15 is 0 Å². The highest BCUT2D eigenvalue weighted by molar-refractivity contribution is 5.88. The number of carboxylic acids is 1. The summed E-state index contributed by atoms with van der Waals surface area (Å²) in [5, 5.41) is 15.8. The lowest BCUT2D eigenvalue weighted by atomic mass is 9.86. The van der Waals surface area contributed by atoms with E-state index in [4.69, 9.17) is 9.63 Å². The zero-order chi connectivity index (χ0) is 16.4. The van der Waals surface area contributed by atoms with Crippen molar-refractivity contribution in [2.24, 2.45) is 5.92 Å². The highest BCUT2D eigenvalue weighted by Crippen LogP contribution is 2.41. The van der Waals surface area contributed by atoms with E-state index in [0.717, 1.165) is 18.6 Å². The first kappa shape index (κ1) is 15.8. The molecule has 1 aromatic heterocycles. The van der Waals surface area contributed by atoms with Gasteiger partial charge in [-0.2, -0.15) is 0 Å². The largest absolute Gasteiger partial charge is 0.481 e. The summed E-state index contributed by atoms with van der Waals surface area (Å²) in [6, 6.07) is 1.48. The van der Waals surface area contributed by atoms with Crippen molar-refractivity contribution in [1.29, 1.82) is 0 Å². The van der Waals surface area contributed by atoms with E-state index in [9.17, 15) is 9.59 Å². The number of carbonyl (C=O) groups is 2. The van der Waals surface area contributed by atoms with Gasteiger partial charge in [-0.3, -0.25) is 10.1 Å². The number of hydrogen-bond donors (Lipinski definition) is 2. The Kier molecular flexibility index (Phi) is 4.28. The van der Waals surface area contributed by atoms with Crippen molar-refractivity contribution in [2.75, 3.05) is 18.4 Å². The number of anilines is 1. The van der Waals surface area contributed by atoms with Gasteiger partial charge >= 0.3 is 12.0 Å². The lowest BCUT2D eigenvalue weighted by Gasteiger charge is -2.30. The maximum atomic E-state index is 12.3. The van der Waals surface area contributed by atoms with Crippen LogP contribution in [0.2, 0.25) is 0 Å². The van der Waals surface area contributed by atoms with Crippen LogP contribution in [0.1, 0.15) is 51.2 Å². The van der Waals surface area contributed by atoms with Crippen molar-refractivity contribution in [2.45, 2.75) is 50.9 Å². The molecule has 7 nitrogen and oxygen atoms in total. The molecule has 1 atom stereocenters.